The number of rotatable bonds is 7. The van der Waals surface area contributed by atoms with Crippen molar-refractivity contribution in [2.24, 2.45) is 0 Å². The molecule has 1 aromatic carbocycles. The van der Waals surface area contributed by atoms with Gasteiger partial charge >= 0.3 is 11.9 Å². The molecule has 0 fully saturated rings. The molecule has 1 rings (SSSR count). The van der Waals surface area contributed by atoms with Crippen LogP contribution in [0.1, 0.15) is 5.56 Å². The molecular weight excluding hydrogens is 244 g/mol. The molecule has 2 N–H and O–H groups in total. The maximum absolute atomic E-state index is 10.6. The van der Waals surface area contributed by atoms with Crippen LogP contribution in [0.5, 0.6) is 11.5 Å². The minimum atomic E-state index is -1.18. The predicted molar refractivity (Wildman–Crippen MR) is 57.5 cm³/mol. The Morgan fingerprint density at radius 2 is 1.72 bits per heavy atom. The molecule has 0 unspecified atom stereocenters. The van der Waals surface area contributed by atoms with E-state index in [2.05, 4.69) is 0 Å². The van der Waals surface area contributed by atoms with E-state index < -0.39 is 25.2 Å². The Balaban J connectivity index is 2.79. The molecule has 0 amide bonds. The molecule has 0 saturated carbocycles. The number of benzene rings is 1. The highest BCUT2D eigenvalue weighted by molar-refractivity contribution is 5.81. The number of ether oxygens (including phenoxy) is 2. The van der Waals surface area contributed by atoms with E-state index in [0.29, 0.717) is 0 Å². The van der Waals surface area contributed by atoms with Crippen LogP contribution in [0.2, 0.25) is 0 Å². The number of carbonyl (C=O) groups excluding carboxylic acids is 1. The van der Waals surface area contributed by atoms with E-state index in [9.17, 15) is 14.4 Å². The highest BCUT2D eigenvalue weighted by Crippen LogP contribution is 2.22. The number of carboxylic acid groups (broad SMARTS) is 2. The average molecular weight is 253 g/mol. The Bertz CT molecular complexity index is 466. The molecule has 0 saturated heterocycles. The van der Waals surface area contributed by atoms with E-state index in [1.165, 1.54) is 18.2 Å². The number of carboxylic acids is 2. The van der Waals surface area contributed by atoms with E-state index >= 15 is 0 Å². The van der Waals surface area contributed by atoms with Gasteiger partial charge in [-0.1, -0.05) is 0 Å². The van der Waals surface area contributed by atoms with Crippen molar-refractivity contribution in [2.75, 3.05) is 13.2 Å². The Kier molecular flexibility index (Phi) is 4.67. The molecule has 0 heterocycles. The van der Waals surface area contributed by atoms with Crippen LogP contribution < -0.4 is 9.47 Å². The lowest BCUT2D eigenvalue weighted by atomic mass is 10.2. The molecule has 0 aromatic heterocycles. The second-order valence-electron chi connectivity index (χ2n) is 3.12. The van der Waals surface area contributed by atoms with Crippen LogP contribution in [-0.2, 0) is 14.4 Å². The summed E-state index contributed by atoms with van der Waals surface area (Å²) in [5.74, 6) is -2.15. The summed E-state index contributed by atoms with van der Waals surface area (Å²) < 4.78 is 9.68. The van der Waals surface area contributed by atoms with E-state index in [4.69, 9.17) is 19.7 Å². The minimum Gasteiger partial charge on any atom is -0.482 e. The van der Waals surface area contributed by atoms with Gasteiger partial charge in [0.05, 0.1) is 5.56 Å². The fourth-order valence-corrected chi connectivity index (χ4v) is 1.09. The van der Waals surface area contributed by atoms with Crippen molar-refractivity contribution in [2.45, 2.75) is 0 Å². The van der Waals surface area contributed by atoms with Gasteiger partial charge in [-0.2, -0.15) is 0 Å². The normalized spacial score (nSPS) is 9.56. The summed E-state index contributed by atoms with van der Waals surface area (Å²) in [5.41, 5.74) is -0.0425. The molecule has 18 heavy (non-hydrogen) atoms. The number of hydrogen-bond acceptors (Lipinski definition) is 5. The van der Waals surface area contributed by atoms with Gasteiger partial charge in [0, 0.05) is 0 Å². The molecule has 1 radical (unpaired) electrons. The zero-order valence-corrected chi connectivity index (χ0v) is 9.08. The predicted octanol–water partition coefficient (Wildman–Crippen LogP) is 0.0712. The highest BCUT2D eigenvalue weighted by atomic mass is 16.5. The SMILES string of the molecule is O=[C]c1cc(OCC(=O)O)ccc1OCC(=O)O. The van der Waals surface area contributed by atoms with Gasteiger partial charge in [0.2, 0.25) is 6.29 Å². The Labute approximate surface area is 102 Å². The van der Waals surface area contributed by atoms with Gasteiger partial charge in [-0.25, -0.2) is 9.59 Å². The number of carbonyl (C=O) groups is 2. The van der Waals surface area contributed by atoms with Crippen LogP contribution in [0.3, 0.4) is 0 Å². The third kappa shape index (κ3) is 4.12. The molecule has 0 atom stereocenters. The highest BCUT2D eigenvalue weighted by Gasteiger charge is 2.09. The molecule has 0 aliphatic rings. The summed E-state index contributed by atoms with van der Waals surface area (Å²) in [6.07, 6.45) is 1.55. The van der Waals surface area contributed by atoms with Crippen molar-refractivity contribution in [1.29, 1.82) is 0 Å². The Morgan fingerprint density at radius 1 is 1.11 bits per heavy atom. The quantitative estimate of drug-likeness (QED) is 0.707. The fraction of sp³-hybridized carbons (Fsp3) is 0.182. The van der Waals surface area contributed by atoms with E-state index in [1.54, 1.807) is 6.29 Å². The van der Waals surface area contributed by atoms with Crippen molar-refractivity contribution in [3.05, 3.63) is 23.8 Å². The maximum Gasteiger partial charge on any atom is 0.341 e. The summed E-state index contributed by atoms with van der Waals surface area (Å²) in [6.45, 7) is -1.14. The van der Waals surface area contributed by atoms with Gasteiger partial charge in [0.1, 0.15) is 11.5 Å². The lowest BCUT2D eigenvalue weighted by molar-refractivity contribution is -0.140. The van der Waals surface area contributed by atoms with Gasteiger partial charge in [-0.05, 0) is 18.2 Å². The third-order valence-corrected chi connectivity index (χ3v) is 1.77. The monoisotopic (exact) mass is 253 g/mol. The second-order valence-corrected chi connectivity index (χ2v) is 3.12. The van der Waals surface area contributed by atoms with E-state index in [-0.39, 0.29) is 17.1 Å². The first kappa shape index (κ1) is 13.5. The third-order valence-electron chi connectivity index (χ3n) is 1.77. The summed E-state index contributed by atoms with van der Waals surface area (Å²) in [6, 6.07) is 3.88. The largest absolute Gasteiger partial charge is 0.482 e. The minimum absolute atomic E-state index is 0.0371. The van der Waals surface area contributed by atoms with Gasteiger partial charge in [-0.15, -0.1) is 0 Å². The Hall–Kier alpha value is -2.57. The van der Waals surface area contributed by atoms with Gasteiger partial charge in [0.15, 0.2) is 13.2 Å². The number of aliphatic carboxylic acids is 2. The lowest BCUT2D eigenvalue weighted by Crippen LogP contribution is -2.11. The van der Waals surface area contributed by atoms with E-state index in [1.807, 2.05) is 0 Å². The first-order valence-corrected chi connectivity index (χ1v) is 4.74. The molecule has 7 heteroatoms. The van der Waals surface area contributed by atoms with Crippen molar-refractivity contribution < 1.29 is 34.1 Å². The van der Waals surface area contributed by atoms with Gasteiger partial charge in [-0.3, -0.25) is 4.79 Å². The number of hydrogen-bond donors (Lipinski definition) is 2. The van der Waals surface area contributed by atoms with Crippen molar-refractivity contribution >= 4 is 18.2 Å². The molecule has 0 spiro atoms. The molecule has 1 aromatic rings. The summed E-state index contributed by atoms with van der Waals surface area (Å²) in [7, 11) is 0. The average Bonchev–Trinajstić information content (AvgIpc) is 2.34. The van der Waals surface area contributed by atoms with Crippen LogP contribution in [0, 0.1) is 0 Å². The Morgan fingerprint density at radius 3 is 2.28 bits per heavy atom. The van der Waals surface area contributed by atoms with Crippen LogP contribution in [0.4, 0.5) is 0 Å². The second kappa shape index (κ2) is 6.24. The van der Waals surface area contributed by atoms with Crippen LogP contribution in [0.25, 0.3) is 0 Å². The van der Waals surface area contributed by atoms with E-state index in [0.717, 1.165) is 0 Å². The topological polar surface area (TPSA) is 110 Å². The molecule has 7 nitrogen and oxygen atoms in total. The van der Waals surface area contributed by atoms with Crippen LogP contribution in [-0.4, -0.2) is 41.7 Å². The summed E-state index contributed by atoms with van der Waals surface area (Å²) in [4.78, 5) is 31.2. The smallest absolute Gasteiger partial charge is 0.341 e. The molecule has 95 valence electrons. The first-order valence-electron chi connectivity index (χ1n) is 4.74. The zero-order chi connectivity index (χ0) is 13.5. The maximum atomic E-state index is 10.6. The zero-order valence-electron chi connectivity index (χ0n) is 9.08. The molecule has 0 bridgehead atoms. The first-order chi connectivity index (χ1) is 8.52. The summed E-state index contributed by atoms with van der Waals surface area (Å²) in [5, 5.41) is 16.8. The molecule has 0 aliphatic heterocycles. The van der Waals surface area contributed by atoms with Crippen molar-refractivity contribution in [1.82, 2.24) is 0 Å². The standard InChI is InChI=1S/C11H9O7/c12-4-7-3-8(17-5-10(13)14)1-2-9(7)18-6-11(15)16/h1-3H,5-6H2,(H,13,14)(H,15,16). The van der Waals surface area contributed by atoms with Crippen molar-refractivity contribution in [3.8, 4) is 11.5 Å². The van der Waals surface area contributed by atoms with Crippen molar-refractivity contribution in [3.63, 3.8) is 0 Å². The molecule has 0 aliphatic carbocycles. The van der Waals surface area contributed by atoms with Gasteiger partial charge in [0.25, 0.3) is 0 Å². The lowest BCUT2D eigenvalue weighted by Gasteiger charge is -2.08. The summed E-state index contributed by atoms with van der Waals surface area (Å²) >= 11 is 0. The van der Waals surface area contributed by atoms with Crippen LogP contribution in [0.15, 0.2) is 18.2 Å². The molecular formula is C11H9O7. The van der Waals surface area contributed by atoms with Gasteiger partial charge < -0.3 is 19.7 Å². The fourth-order valence-electron chi connectivity index (χ4n) is 1.09. The van der Waals surface area contributed by atoms with Crippen LogP contribution >= 0.6 is 0 Å².